The van der Waals surface area contributed by atoms with Gasteiger partial charge in [-0.25, -0.2) is 0 Å². The fraction of sp³-hybridized carbons (Fsp3) is 0.636. The van der Waals surface area contributed by atoms with Crippen molar-refractivity contribution in [3.8, 4) is 5.75 Å². The Bertz CT molecular complexity index is 727. The molecular formula is C22H31N3O4. The maximum atomic E-state index is 12.9. The molecule has 4 rings (SSSR count). The number of anilines is 1. The number of rotatable bonds is 5. The summed E-state index contributed by atoms with van der Waals surface area (Å²) >= 11 is 0. The van der Waals surface area contributed by atoms with Crippen molar-refractivity contribution in [1.82, 2.24) is 10.2 Å². The summed E-state index contributed by atoms with van der Waals surface area (Å²) in [4.78, 5) is 29.5. The highest BCUT2D eigenvalue weighted by Crippen LogP contribution is 2.34. The Morgan fingerprint density at radius 1 is 1.07 bits per heavy atom. The summed E-state index contributed by atoms with van der Waals surface area (Å²) in [7, 11) is 0. The minimum atomic E-state index is -0.117. The zero-order chi connectivity index (χ0) is 20.1. The first-order valence-corrected chi connectivity index (χ1v) is 10.8. The number of para-hydroxylation sites is 2. The number of carbonyl (C=O) groups is 2. The number of nitrogens with zero attached hydrogens (tertiary/aromatic N) is 2. The van der Waals surface area contributed by atoms with Gasteiger partial charge in [0.1, 0.15) is 12.3 Å². The average molecular weight is 402 g/mol. The third-order valence-electron chi connectivity index (χ3n) is 6.41. The van der Waals surface area contributed by atoms with Gasteiger partial charge in [-0.15, -0.1) is 0 Å². The van der Waals surface area contributed by atoms with Crippen LogP contribution in [0, 0.1) is 0 Å². The number of nitrogens with one attached hydrogen (secondary N) is 1. The molecule has 1 saturated carbocycles. The number of hydrogen-bond acceptors (Lipinski definition) is 5. The number of carbonyl (C=O) groups excluding carboxylic acids is 2. The SMILES string of the molecule is O=C(CN1C(=O)CCOc2ccccc21)NCC1(N2CCOCC2)CCCCC1. The largest absolute Gasteiger partial charge is 0.491 e. The summed E-state index contributed by atoms with van der Waals surface area (Å²) in [5.41, 5.74) is 0.687. The van der Waals surface area contributed by atoms with Gasteiger partial charge < -0.3 is 14.8 Å². The predicted molar refractivity (Wildman–Crippen MR) is 110 cm³/mol. The van der Waals surface area contributed by atoms with Gasteiger partial charge in [0.15, 0.2) is 0 Å². The van der Waals surface area contributed by atoms with Crippen molar-refractivity contribution in [2.75, 3.05) is 50.9 Å². The van der Waals surface area contributed by atoms with Crippen LogP contribution in [0.5, 0.6) is 5.75 Å². The second kappa shape index (κ2) is 9.13. The molecular weight excluding hydrogens is 370 g/mol. The molecule has 0 aromatic heterocycles. The van der Waals surface area contributed by atoms with Crippen molar-refractivity contribution < 1.29 is 19.1 Å². The second-order valence-electron chi connectivity index (χ2n) is 8.21. The quantitative estimate of drug-likeness (QED) is 0.817. The first kappa shape index (κ1) is 20.2. The number of morpholine rings is 1. The fourth-order valence-electron chi connectivity index (χ4n) is 4.81. The molecule has 2 heterocycles. The van der Waals surface area contributed by atoms with Crippen LogP contribution in [-0.2, 0) is 14.3 Å². The molecule has 158 valence electrons. The number of fused-ring (bicyclic) bond motifs is 1. The van der Waals surface area contributed by atoms with Crippen LogP contribution >= 0.6 is 0 Å². The van der Waals surface area contributed by atoms with Crippen LogP contribution in [0.15, 0.2) is 24.3 Å². The van der Waals surface area contributed by atoms with Gasteiger partial charge >= 0.3 is 0 Å². The van der Waals surface area contributed by atoms with Gasteiger partial charge in [0.05, 0.1) is 31.9 Å². The smallest absolute Gasteiger partial charge is 0.240 e. The lowest BCUT2D eigenvalue weighted by Gasteiger charge is -2.48. The zero-order valence-corrected chi connectivity index (χ0v) is 17.0. The van der Waals surface area contributed by atoms with E-state index < -0.39 is 0 Å². The van der Waals surface area contributed by atoms with E-state index in [1.807, 2.05) is 24.3 Å². The van der Waals surface area contributed by atoms with Gasteiger partial charge in [0, 0.05) is 25.2 Å². The van der Waals surface area contributed by atoms with Crippen LogP contribution in [0.3, 0.4) is 0 Å². The zero-order valence-electron chi connectivity index (χ0n) is 17.0. The molecule has 3 aliphatic rings. The van der Waals surface area contributed by atoms with Crippen LogP contribution < -0.4 is 15.0 Å². The molecule has 0 bridgehead atoms. The lowest BCUT2D eigenvalue weighted by Crippen LogP contribution is -2.60. The van der Waals surface area contributed by atoms with Crippen molar-refractivity contribution in [3.63, 3.8) is 0 Å². The van der Waals surface area contributed by atoms with Crippen molar-refractivity contribution in [2.24, 2.45) is 0 Å². The lowest BCUT2D eigenvalue weighted by atomic mass is 9.79. The van der Waals surface area contributed by atoms with Crippen molar-refractivity contribution in [2.45, 2.75) is 44.1 Å². The summed E-state index contributed by atoms with van der Waals surface area (Å²) in [6.45, 7) is 4.36. The molecule has 0 atom stereocenters. The van der Waals surface area contributed by atoms with Crippen molar-refractivity contribution >= 4 is 17.5 Å². The Morgan fingerprint density at radius 3 is 2.62 bits per heavy atom. The van der Waals surface area contributed by atoms with Crippen LogP contribution in [-0.4, -0.2) is 68.3 Å². The molecule has 7 heteroatoms. The molecule has 0 unspecified atom stereocenters. The van der Waals surface area contributed by atoms with Gasteiger partial charge in [0.25, 0.3) is 0 Å². The van der Waals surface area contributed by atoms with Crippen LogP contribution in [0.2, 0.25) is 0 Å². The minimum Gasteiger partial charge on any atom is -0.491 e. The van der Waals surface area contributed by atoms with Gasteiger partial charge in [-0.2, -0.15) is 0 Å². The van der Waals surface area contributed by atoms with Crippen molar-refractivity contribution in [3.05, 3.63) is 24.3 Å². The number of amides is 2. The molecule has 1 aromatic rings. The second-order valence-corrected chi connectivity index (χ2v) is 8.21. The maximum absolute atomic E-state index is 12.9. The summed E-state index contributed by atoms with van der Waals surface area (Å²) in [6.07, 6.45) is 6.14. The average Bonchev–Trinajstić information content (AvgIpc) is 2.92. The highest BCUT2D eigenvalue weighted by atomic mass is 16.5. The monoisotopic (exact) mass is 401 g/mol. The Balaban J connectivity index is 1.42. The van der Waals surface area contributed by atoms with Gasteiger partial charge in [-0.1, -0.05) is 31.4 Å². The lowest BCUT2D eigenvalue weighted by molar-refractivity contribution is -0.124. The molecule has 1 aromatic carbocycles. The van der Waals surface area contributed by atoms with E-state index >= 15 is 0 Å². The molecule has 1 saturated heterocycles. The molecule has 2 aliphatic heterocycles. The highest BCUT2D eigenvalue weighted by Gasteiger charge is 2.39. The molecule has 0 radical (unpaired) electrons. The van der Waals surface area contributed by atoms with E-state index in [0.29, 0.717) is 24.6 Å². The van der Waals surface area contributed by atoms with E-state index in [4.69, 9.17) is 9.47 Å². The normalized spacial score (nSPS) is 22.3. The predicted octanol–water partition coefficient (Wildman–Crippen LogP) is 1.95. The Kier molecular flexibility index (Phi) is 6.35. The van der Waals surface area contributed by atoms with E-state index in [1.54, 1.807) is 4.90 Å². The number of ether oxygens (including phenoxy) is 2. The summed E-state index contributed by atoms with van der Waals surface area (Å²) in [6, 6.07) is 7.42. The van der Waals surface area contributed by atoms with Crippen LogP contribution in [0.1, 0.15) is 38.5 Å². The minimum absolute atomic E-state index is 0.0154. The first-order valence-electron chi connectivity index (χ1n) is 10.8. The van der Waals surface area contributed by atoms with Crippen LogP contribution in [0.25, 0.3) is 0 Å². The van der Waals surface area contributed by atoms with E-state index in [9.17, 15) is 9.59 Å². The van der Waals surface area contributed by atoms with Gasteiger partial charge in [-0.05, 0) is 25.0 Å². The topological polar surface area (TPSA) is 71.1 Å². The van der Waals surface area contributed by atoms with E-state index in [1.165, 1.54) is 19.3 Å². The number of benzene rings is 1. The molecule has 1 aliphatic carbocycles. The molecule has 1 N–H and O–H groups in total. The highest BCUT2D eigenvalue weighted by molar-refractivity contribution is 6.00. The fourth-order valence-corrected chi connectivity index (χ4v) is 4.81. The third kappa shape index (κ3) is 4.56. The summed E-state index contributed by atoms with van der Waals surface area (Å²) in [5, 5.41) is 3.15. The molecule has 2 fully saturated rings. The van der Waals surface area contributed by atoms with Crippen LogP contribution in [0.4, 0.5) is 5.69 Å². The Labute approximate surface area is 172 Å². The van der Waals surface area contributed by atoms with Gasteiger partial charge in [-0.3, -0.25) is 19.4 Å². The van der Waals surface area contributed by atoms with Gasteiger partial charge in [0.2, 0.25) is 11.8 Å². The molecule has 2 amide bonds. The third-order valence-corrected chi connectivity index (χ3v) is 6.41. The molecule has 0 spiro atoms. The standard InChI is InChI=1S/C22H31N3O4/c26-20(16-25-18-6-2-3-7-19(18)29-13-8-21(25)27)23-17-22(9-4-1-5-10-22)24-11-14-28-15-12-24/h2-3,6-7H,1,4-5,8-17H2,(H,23,26). The van der Waals surface area contributed by atoms with E-state index in [-0.39, 0.29) is 30.3 Å². The Morgan fingerprint density at radius 2 is 1.83 bits per heavy atom. The first-order chi connectivity index (χ1) is 14.2. The van der Waals surface area contributed by atoms with E-state index in [2.05, 4.69) is 10.2 Å². The molecule has 29 heavy (non-hydrogen) atoms. The Hall–Kier alpha value is -2.12. The van der Waals surface area contributed by atoms with E-state index in [0.717, 1.165) is 39.1 Å². The van der Waals surface area contributed by atoms with Crippen molar-refractivity contribution in [1.29, 1.82) is 0 Å². The summed E-state index contributed by atoms with van der Waals surface area (Å²) in [5.74, 6) is 0.460. The molecule has 7 nitrogen and oxygen atoms in total. The summed E-state index contributed by atoms with van der Waals surface area (Å²) < 4.78 is 11.2. The maximum Gasteiger partial charge on any atom is 0.240 e. The number of hydrogen-bond donors (Lipinski definition) is 1.